The monoisotopic (exact) mass is 715 g/mol. The average molecular weight is 716 g/mol. The molecule has 0 aliphatic heterocycles. The van der Waals surface area contributed by atoms with Gasteiger partial charge in [0.1, 0.15) is 0 Å². The summed E-state index contributed by atoms with van der Waals surface area (Å²) >= 11 is 5.64. The zero-order valence-electron chi connectivity index (χ0n) is 26.9. The number of carboxylic acids is 1. The van der Waals surface area contributed by atoms with Crippen LogP contribution in [-0.4, -0.2) is 46.6 Å². The number of carboxylic acid groups (broad SMARTS) is 1. The van der Waals surface area contributed by atoms with Gasteiger partial charge in [-0.3, -0.25) is 9.78 Å². The Labute approximate surface area is 294 Å². The fraction of sp³-hybridized carbons (Fsp3) is 0.111. The average Bonchev–Trinajstić information content (AvgIpc) is 3.55. The third-order valence-corrected chi connectivity index (χ3v) is 7.65. The Hall–Kier alpha value is -6.12. The van der Waals surface area contributed by atoms with Crippen LogP contribution in [0.1, 0.15) is 38.8 Å². The molecule has 11 nitrogen and oxygen atoms in total. The lowest BCUT2D eigenvalue weighted by atomic mass is 10.1. The molecule has 0 saturated carbocycles. The summed E-state index contributed by atoms with van der Waals surface area (Å²) in [7, 11) is 0. The molecule has 1 unspecified atom stereocenters. The van der Waals surface area contributed by atoms with Gasteiger partial charge in [-0.1, -0.05) is 35.9 Å². The van der Waals surface area contributed by atoms with Gasteiger partial charge in [0.25, 0.3) is 5.91 Å². The van der Waals surface area contributed by atoms with E-state index in [-0.39, 0.29) is 27.5 Å². The summed E-state index contributed by atoms with van der Waals surface area (Å²) in [5.74, 6) is -1.56. The number of aliphatic hydroxyl groups excluding tert-OH is 1. The fourth-order valence-corrected chi connectivity index (χ4v) is 4.94. The van der Waals surface area contributed by atoms with Crippen LogP contribution >= 0.6 is 11.6 Å². The van der Waals surface area contributed by atoms with E-state index in [1.165, 1.54) is 29.1 Å². The summed E-state index contributed by atoms with van der Waals surface area (Å²) in [4.78, 5) is 40.4. The Morgan fingerprint density at radius 2 is 1.73 bits per heavy atom. The molecule has 0 bridgehead atoms. The number of halogens is 4. The third-order valence-electron chi connectivity index (χ3n) is 7.31. The van der Waals surface area contributed by atoms with Gasteiger partial charge in [0.2, 0.25) is 5.95 Å². The molecule has 0 radical (unpaired) electrons. The van der Waals surface area contributed by atoms with Crippen LogP contribution in [0.2, 0.25) is 5.02 Å². The van der Waals surface area contributed by atoms with Crippen molar-refractivity contribution in [2.75, 3.05) is 10.6 Å². The summed E-state index contributed by atoms with van der Waals surface area (Å²) in [5.41, 5.74) is 3.31. The molecule has 0 fully saturated rings. The topological polar surface area (TPSA) is 155 Å². The van der Waals surface area contributed by atoms with Crippen molar-refractivity contribution in [2.24, 2.45) is 0 Å². The predicted octanol–water partition coefficient (Wildman–Crippen LogP) is 7.81. The Balaban J connectivity index is 0.000000357. The lowest BCUT2D eigenvalue weighted by molar-refractivity contribution is -0.147. The summed E-state index contributed by atoms with van der Waals surface area (Å²) in [6.07, 6.45) is 1.84. The number of aliphatic carboxylic acids is 1. The summed E-state index contributed by atoms with van der Waals surface area (Å²) in [6.45, 7) is 3.58. The van der Waals surface area contributed by atoms with Gasteiger partial charge < -0.3 is 25.4 Å². The molecule has 6 aromatic rings. The highest BCUT2D eigenvalue weighted by atomic mass is 35.5. The maximum absolute atomic E-state index is 13.6. The van der Waals surface area contributed by atoms with E-state index in [2.05, 4.69) is 30.6 Å². The number of hydrogen-bond acceptors (Lipinski definition) is 8. The van der Waals surface area contributed by atoms with Crippen LogP contribution in [-0.2, 0) is 11.0 Å². The molecule has 3 aromatic heterocycles. The highest BCUT2D eigenvalue weighted by Crippen LogP contribution is 2.33. The molecule has 1 atom stereocenters. The first kappa shape index (κ1) is 36.2. The summed E-state index contributed by atoms with van der Waals surface area (Å²) < 4.78 is 42.3. The van der Waals surface area contributed by atoms with E-state index in [9.17, 15) is 22.8 Å². The van der Waals surface area contributed by atoms with Gasteiger partial charge in [-0.15, -0.1) is 0 Å². The van der Waals surface area contributed by atoms with Crippen LogP contribution in [0.25, 0.3) is 16.9 Å². The third kappa shape index (κ3) is 9.32. The number of aromatic nitrogens is 5. The lowest BCUT2D eigenvalue weighted by Crippen LogP contribution is -2.14. The maximum atomic E-state index is 13.6. The second kappa shape index (κ2) is 15.6. The lowest BCUT2D eigenvalue weighted by Gasteiger charge is -2.14. The fourth-order valence-electron chi connectivity index (χ4n) is 4.70. The number of aliphatic hydroxyl groups is 1. The molecule has 1 amide bonds. The van der Waals surface area contributed by atoms with Gasteiger partial charge >= 0.3 is 12.1 Å². The Bertz CT molecular complexity index is 2180. The van der Waals surface area contributed by atoms with Crippen molar-refractivity contribution in [3.8, 4) is 16.9 Å². The summed E-state index contributed by atoms with van der Waals surface area (Å²) in [5, 5.41) is 23.5. The van der Waals surface area contributed by atoms with Gasteiger partial charge in [0.15, 0.2) is 6.10 Å². The van der Waals surface area contributed by atoms with E-state index in [1.54, 1.807) is 74.2 Å². The summed E-state index contributed by atoms with van der Waals surface area (Å²) in [6, 6.07) is 20.0. The van der Waals surface area contributed by atoms with Gasteiger partial charge in [0, 0.05) is 63.6 Å². The molecule has 4 N–H and O–H groups in total. The van der Waals surface area contributed by atoms with Crippen LogP contribution in [0, 0.1) is 13.8 Å². The molecule has 6 rings (SSSR count). The normalized spacial score (nSPS) is 11.6. The number of carbonyl (C=O) groups excluding carboxylic acids is 1. The molecular formula is C36H29ClF3N7O4. The molecule has 260 valence electrons. The molecule has 0 spiro atoms. The zero-order chi connectivity index (χ0) is 36.7. The number of benzene rings is 3. The molecular weight excluding hydrogens is 687 g/mol. The van der Waals surface area contributed by atoms with Gasteiger partial charge in [-0.05, 0) is 74.0 Å². The number of alkyl halides is 3. The molecule has 15 heteroatoms. The van der Waals surface area contributed by atoms with Crippen LogP contribution in [0.3, 0.4) is 0 Å². The first-order valence-electron chi connectivity index (χ1n) is 15.1. The Morgan fingerprint density at radius 3 is 2.39 bits per heavy atom. The van der Waals surface area contributed by atoms with Crippen molar-refractivity contribution in [3.05, 3.63) is 143 Å². The molecule has 0 aliphatic rings. The van der Waals surface area contributed by atoms with E-state index >= 15 is 0 Å². The first-order chi connectivity index (χ1) is 24.3. The minimum atomic E-state index is -4.60. The van der Waals surface area contributed by atoms with E-state index in [0.717, 1.165) is 23.3 Å². The van der Waals surface area contributed by atoms with Crippen LogP contribution < -0.4 is 10.6 Å². The number of carbonyl (C=O) groups is 2. The van der Waals surface area contributed by atoms with E-state index in [1.807, 2.05) is 13.0 Å². The largest absolute Gasteiger partial charge is 0.479 e. The smallest absolute Gasteiger partial charge is 0.416 e. The second-order valence-corrected chi connectivity index (χ2v) is 11.5. The Kier molecular flexibility index (Phi) is 11.1. The van der Waals surface area contributed by atoms with Crippen LogP contribution in [0.4, 0.5) is 30.5 Å². The Morgan fingerprint density at radius 1 is 0.941 bits per heavy atom. The van der Waals surface area contributed by atoms with Crippen LogP contribution in [0.15, 0.2) is 110 Å². The van der Waals surface area contributed by atoms with Crippen LogP contribution in [0.5, 0.6) is 0 Å². The highest BCUT2D eigenvalue weighted by Gasteiger charge is 2.31. The number of pyridine rings is 1. The van der Waals surface area contributed by atoms with Crippen molar-refractivity contribution in [1.82, 2.24) is 24.5 Å². The quantitative estimate of drug-likeness (QED) is 0.123. The predicted molar refractivity (Wildman–Crippen MR) is 185 cm³/mol. The van der Waals surface area contributed by atoms with Crippen molar-refractivity contribution >= 4 is 40.8 Å². The van der Waals surface area contributed by atoms with E-state index in [4.69, 9.17) is 21.8 Å². The van der Waals surface area contributed by atoms with Gasteiger partial charge in [-0.2, -0.15) is 13.2 Å². The van der Waals surface area contributed by atoms with E-state index < -0.39 is 29.7 Å². The van der Waals surface area contributed by atoms with Crippen molar-refractivity contribution in [3.63, 3.8) is 0 Å². The minimum Gasteiger partial charge on any atom is -0.479 e. The number of imidazole rings is 1. The number of anilines is 3. The number of nitrogens with zero attached hydrogens (tertiary/aromatic N) is 5. The van der Waals surface area contributed by atoms with Crippen molar-refractivity contribution in [1.29, 1.82) is 0 Å². The van der Waals surface area contributed by atoms with Gasteiger partial charge in [-0.25, -0.2) is 19.7 Å². The number of hydrogen-bond donors (Lipinski definition) is 4. The molecule has 0 saturated heterocycles. The minimum absolute atomic E-state index is 0.00114. The zero-order valence-corrected chi connectivity index (χ0v) is 27.7. The first-order valence-corrected chi connectivity index (χ1v) is 15.5. The van der Waals surface area contributed by atoms with Crippen molar-refractivity contribution in [2.45, 2.75) is 26.1 Å². The number of aryl methyl sites for hydroxylation is 2. The maximum Gasteiger partial charge on any atom is 0.416 e. The molecule has 3 heterocycles. The van der Waals surface area contributed by atoms with E-state index in [0.29, 0.717) is 23.0 Å². The number of amides is 1. The molecule has 3 aromatic carbocycles. The number of rotatable bonds is 8. The second-order valence-electron chi connectivity index (χ2n) is 11.1. The standard InChI is InChI=1S/C28H22F3N7O.C8H7ClO3/c1-17-5-6-19(10-25(17)37-27-33-9-7-24(36-27)20-4-3-8-32-14-20)26(39)35-22-11-21(28(29,30)31)12-23(13-22)38-15-18(2)34-16-38;9-6-4-2-1-3-5(6)7(10)8(11)12/h3-16H,1-2H3,(H,35,39)(H,33,36,37);1-4,7,10H,(H,11,12). The SMILES string of the molecule is Cc1cn(-c2cc(NC(=O)c3ccc(C)c(Nc4nccc(-c5cccnc5)n4)c3)cc(C(F)(F)F)c2)cn1.O=C(O)C(O)c1ccccc1Cl. The number of nitrogens with one attached hydrogen (secondary N) is 2. The molecule has 0 aliphatic carbocycles. The van der Waals surface area contributed by atoms with Crippen molar-refractivity contribution < 1.29 is 33.0 Å². The highest BCUT2D eigenvalue weighted by molar-refractivity contribution is 6.31. The van der Waals surface area contributed by atoms with Gasteiger partial charge in [0.05, 0.1) is 23.3 Å². The molecule has 51 heavy (non-hydrogen) atoms.